The van der Waals surface area contributed by atoms with E-state index < -0.39 is 0 Å². The Bertz CT molecular complexity index is 459. The first-order valence-corrected chi connectivity index (χ1v) is 6.17. The summed E-state index contributed by atoms with van der Waals surface area (Å²) in [5.74, 6) is 0.172. The van der Waals surface area contributed by atoms with Crippen LogP contribution in [0.25, 0.3) is 0 Å². The van der Waals surface area contributed by atoms with Gasteiger partial charge in [-0.1, -0.05) is 12.1 Å². The summed E-state index contributed by atoms with van der Waals surface area (Å²) in [6, 6.07) is 7.20. The van der Waals surface area contributed by atoms with Crippen molar-refractivity contribution in [3.63, 3.8) is 0 Å². The van der Waals surface area contributed by atoms with E-state index in [1.165, 1.54) is 7.11 Å². The van der Waals surface area contributed by atoms with Crippen molar-refractivity contribution in [2.75, 3.05) is 18.6 Å². The largest absolute Gasteiger partial charge is 0.338 e. The molecule has 3 amide bonds. The van der Waals surface area contributed by atoms with Crippen LogP contribution in [0.3, 0.4) is 0 Å². The van der Waals surface area contributed by atoms with Gasteiger partial charge in [0.25, 0.3) is 0 Å². The van der Waals surface area contributed by atoms with E-state index in [0.717, 1.165) is 24.2 Å². The second kappa shape index (κ2) is 6.19. The minimum absolute atomic E-state index is 0.172. The number of benzene rings is 1. The summed E-state index contributed by atoms with van der Waals surface area (Å²) < 4.78 is 0. The number of nitrogens with zero attached hydrogens (tertiary/aromatic N) is 1. The lowest BCUT2D eigenvalue weighted by Gasteiger charge is -2.16. The van der Waals surface area contributed by atoms with Gasteiger partial charge < -0.3 is 10.2 Å². The van der Waals surface area contributed by atoms with Gasteiger partial charge in [0.1, 0.15) is 0 Å². The SMILES string of the molecule is CONC(=O)NCc1ccc(N2CCCC2=O)cc1. The van der Waals surface area contributed by atoms with Crippen LogP contribution in [0, 0.1) is 0 Å². The minimum Gasteiger partial charge on any atom is -0.332 e. The van der Waals surface area contributed by atoms with E-state index in [1.807, 2.05) is 24.3 Å². The maximum atomic E-state index is 11.6. The molecule has 6 heteroatoms. The number of nitrogens with one attached hydrogen (secondary N) is 2. The second-order valence-corrected chi connectivity index (χ2v) is 4.30. The number of carbonyl (C=O) groups excluding carboxylic acids is 2. The highest BCUT2D eigenvalue weighted by Crippen LogP contribution is 2.21. The number of urea groups is 1. The zero-order valence-electron chi connectivity index (χ0n) is 10.8. The van der Waals surface area contributed by atoms with Gasteiger partial charge in [-0.3, -0.25) is 9.63 Å². The molecule has 0 aromatic heterocycles. The smallest absolute Gasteiger partial charge is 0.332 e. The molecule has 1 aromatic carbocycles. The van der Waals surface area contributed by atoms with Crippen molar-refractivity contribution in [1.82, 2.24) is 10.8 Å². The normalized spacial score (nSPS) is 14.6. The van der Waals surface area contributed by atoms with Gasteiger partial charge in [-0.25, -0.2) is 10.3 Å². The lowest BCUT2D eigenvalue weighted by molar-refractivity contribution is -0.117. The minimum atomic E-state index is -0.388. The third-order valence-corrected chi connectivity index (χ3v) is 2.97. The van der Waals surface area contributed by atoms with Crippen molar-refractivity contribution in [2.24, 2.45) is 0 Å². The topological polar surface area (TPSA) is 70.7 Å². The van der Waals surface area contributed by atoms with E-state index in [0.29, 0.717) is 13.0 Å². The Morgan fingerprint density at radius 2 is 2.11 bits per heavy atom. The van der Waals surface area contributed by atoms with E-state index in [4.69, 9.17) is 0 Å². The Kier molecular flexibility index (Phi) is 4.35. The highest BCUT2D eigenvalue weighted by atomic mass is 16.6. The van der Waals surface area contributed by atoms with Crippen LogP contribution < -0.4 is 15.7 Å². The van der Waals surface area contributed by atoms with Crippen molar-refractivity contribution < 1.29 is 14.4 Å². The van der Waals surface area contributed by atoms with Crippen molar-refractivity contribution in [3.05, 3.63) is 29.8 Å². The van der Waals surface area contributed by atoms with Gasteiger partial charge in [-0.15, -0.1) is 0 Å². The zero-order valence-corrected chi connectivity index (χ0v) is 10.8. The average Bonchev–Trinajstić information content (AvgIpc) is 2.84. The fourth-order valence-electron chi connectivity index (χ4n) is 2.03. The summed E-state index contributed by atoms with van der Waals surface area (Å²) in [5.41, 5.74) is 4.04. The number of amides is 3. The first kappa shape index (κ1) is 13.4. The maximum Gasteiger partial charge on any atom is 0.338 e. The Hall–Kier alpha value is -2.08. The number of carbonyl (C=O) groups is 2. The molecule has 1 aliphatic heterocycles. The number of hydrogen-bond acceptors (Lipinski definition) is 3. The molecule has 0 bridgehead atoms. The molecule has 1 saturated heterocycles. The van der Waals surface area contributed by atoms with E-state index in [-0.39, 0.29) is 11.9 Å². The van der Waals surface area contributed by atoms with Gasteiger partial charge in [0, 0.05) is 25.2 Å². The van der Waals surface area contributed by atoms with Crippen molar-refractivity contribution in [3.8, 4) is 0 Å². The molecular formula is C13H17N3O3. The molecule has 1 heterocycles. The van der Waals surface area contributed by atoms with Gasteiger partial charge in [0.15, 0.2) is 0 Å². The zero-order chi connectivity index (χ0) is 13.7. The van der Waals surface area contributed by atoms with Gasteiger partial charge in [0.05, 0.1) is 7.11 Å². The molecule has 0 atom stereocenters. The third-order valence-electron chi connectivity index (χ3n) is 2.97. The summed E-state index contributed by atoms with van der Waals surface area (Å²) in [4.78, 5) is 29.0. The Morgan fingerprint density at radius 3 is 2.68 bits per heavy atom. The molecule has 1 fully saturated rings. The number of rotatable bonds is 4. The fraction of sp³-hybridized carbons (Fsp3) is 0.385. The lowest BCUT2D eigenvalue weighted by Crippen LogP contribution is -2.34. The lowest BCUT2D eigenvalue weighted by atomic mass is 10.2. The predicted octanol–water partition coefficient (Wildman–Crippen LogP) is 1.17. The van der Waals surface area contributed by atoms with E-state index in [9.17, 15) is 9.59 Å². The summed E-state index contributed by atoms with van der Waals surface area (Å²) in [7, 11) is 1.38. The molecule has 0 unspecified atom stereocenters. The Morgan fingerprint density at radius 1 is 1.37 bits per heavy atom. The molecule has 2 rings (SSSR count). The molecule has 0 aliphatic carbocycles. The first-order chi connectivity index (χ1) is 9.20. The summed E-state index contributed by atoms with van der Waals surface area (Å²) in [6.45, 7) is 1.19. The van der Waals surface area contributed by atoms with Gasteiger partial charge in [-0.05, 0) is 24.1 Å². The second-order valence-electron chi connectivity index (χ2n) is 4.30. The van der Waals surface area contributed by atoms with Crippen LogP contribution in [0.2, 0.25) is 0 Å². The monoisotopic (exact) mass is 263 g/mol. The fourth-order valence-corrected chi connectivity index (χ4v) is 2.03. The van der Waals surface area contributed by atoms with Crippen LogP contribution >= 0.6 is 0 Å². The summed E-state index contributed by atoms with van der Waals surface area (Å²) in [5, 5.41) is 2.64. The standard InChI is InChI=1S/C13H17N3O3/c1-19-15-13(18)14-9-10-4-6-11(7-5-10)16-8-2-3-12(16)17/h4-7H,2-3,8-9H2,1H3,(H2,14,15,18). The Balaban J connectivity index is 1.91. The molecule has 1 aliphatic rings. The van der Waals surface area contributed by atoms with Crippen LogP contribution in [0.1, 0.15) is 18.4 Å². The summed E-state index contributed by atoms with van der Waals surface area (Å²) >= 11 is 0. The third kappa shape index (κ3) is 3.45. The quantitative estimate of drug-likeness (QED) is 0.801. The van der Waals surface area contributed by atoms with Gasteiger partial charge >= 0.3 is 6.03 Å². The van der Waals surface area contributed by atoms with Crippen molar-refractivity contribution in [1.29, 1.82) is 0 Å². The first-order valence-electron chi connectivity index (χ1n) is 6.17. The molecule has 1 aromatic rings. The molecule has 0 radical (unpaired) electrons. The molecule has 19 heavy (non-hydrogen) atoms. The highest BCUT2D eigenvalue weighted by Gasteiger charge is 2.21. The van der Waals surface area contributed by atoms with Crippen LogP contribution in [0.15, 0.2) is 24.3 Å². The number of anilines is 1. The van der Waals surface area contributed by atoms with Gasteiger partial charge in [0.2, 0.25) is 5.91 Å². The number of hydrogen-bond donors (Lipinski definition) is 2. The highest BCUT2D eigenvalue weighted by molar-refractivity contribution is 5.95. The van der Waals surface area contributed by atoms with Crippen LogP contribution in [-0.2, 0) is 16.2 Å². The molecule has 2 N–H and O–H groups in total. The molecule has 0 spiro atoms. The molecule has 6 nitrogen and oxygen atoms in total. The predicted molar refractivity (Wildman–Crippen MR) is 70.4 cm³/mol. The van der Waals surface area contributed by atoms with Crippen LogP contribution in [-0.4, -0.2) is 25.6 Å². The summed E-state index contributed by atoms with van der Waals surface area (Å²) in [6.07, 6.45) is 1.54. The molecule has 102 valence electrons. The Labute approximate surface area is 111 Å². The molecular weight excluding hydrogens is 246 g/mol. The van der Waals surface area contributed by atoms with E-state index >= 15 is 0 Å². The van der Waals surface area contributed by atoms with E-state index in [2.05, 4.69) is 15.6 Å². The van der Waals surface area contributed by atoms with E-state index in [1.54, 1.807) is 4.90 Å². The number of hydroxylamine groups is 1. The van der Waals surface area contributed by atoms with Gasteiger partial charge in [-0.2, -0.15) is 0 Å². The molecule has 0 saturated carbocycles. The average molecular weight is 263 g/mol. The van der Waals surface area contributed by atoms with Crippen LogP contribution in [0.4, 0.5) is 10.5 Å². The van der Waals surface area contributed by atoms with Crippen molar-refractivity contribution in [2.45, 2.75) is 19.4 Å². The van der Waals surface area contributed by atoms with Crippen LogP contribution in [0.5, 0.6) is 0 Å². The van der Waals surface area contributed by atoms with Crippen molar-refractivity contribution >= 4 is 17.6 Å². The maximum absolute atomic E-state index is 11.6.